The largest absolute Gasteiger partial charge is 0.461 e. The smallest absolute Gasteiger partial charge is 0.306 e. The maximum absolute atomic E-state index is 13.4. The molecule has 0 N–H and O–H groups in total. The molecule has 0 aliphatic rings. The van der Waals surface area contributed by atoms with Gasteiger partial charge >= 0.3 is 5.97 Å². The Morgan fingerprint density at radius 1 is 0.833 bits per heavy atom. The number of carbonyl (C=O) groups is 1. The normalized spacial score (nSPS) is 10.7. The molecule has 2 aromatic rings. The predicted molar refractivity (Wildman–Crippen MR) is 75.4 cm³/mol. The van der Waals surface area contributed by atoms with Crippen LogP contribution in [0.3, 0.4) is 0 Å². The van der Waals surface area contributed by atoms with Crippen molar-refractivity contribution in [3.63, 3.8) is 0 Å². The minimum atomic E-state index is -2.25. The van der Waals surface area contributed by atoms with E-state index in [0.717, 1.165) is 5.56 Å². The highest BCUT2D eigenvalue weighted by Gasteiger charge is 2.26. The fourth-order valence-corrected chi connectivity index (χ4v) is 2.08. The van der Waals surface area contributed by atoms with Crippen LogP contribution in [-0.2, 0) is 22.6 Å². The molecule has 0 saturated heterocycles. The maximum Gasteiger partial charge on any atom is 0.306 e. The van der Waals surface area contributed by atoms with E-state index < -0.39 is 47.2 Å². The van der Waals surface area contributed by atoms with Gasteiger partial charge in [-0.25, -0.2) is 22.0 Å². The van der Waals surface area contributed by atoms with Crippen LogP contribution < -0.4 is 0 Å². The molecule has 0 spiro atoms. The number of halogens is 5. The van der Waals surface area contributed by atoms with Gasteiger partial charge in [0.05, 0.1) is 5.56 Å². The number of hydrogen-bond acceptors (Lipinski definition) is 2. The fraction of sp³-hybridized carbons (Fsp3) is 0.235. The van der Waals surface area contributed by atoms with Gasteiger partial charge in [-0.1, -0.05) is 30.3 Å². The second kappa shape index (κ2) is 7.90. The van der Waals surface area contributed by atoms with Crippen molar-refractivity contribution in [3.05, 3.63) is 70.5 Å². The van der Waals surface area contributed by atoms with Crippen LogP contribution in [0.15, 0.2) is 30.3 Å². The summed E-state index contributed by atoms with van der Waals surface area (Å²) in [6.45, 7) is -1.02. The molecule has 0 heterocycles. The lowest BCUT2D eigenvalue weighted by molar-refractivity contribution is -0.145. The summed E-state index contributed by atoms with van der Waals surface area (Å²) >= 11 is 0. The molecule has 0 aliphatic carbocycles. The Hall–Kier alpha value is -2.44. The molecule has 0 fully saturated rings. The molecule has 0 amide bonds. The summed E-state index contributed by atoms with van der Waals surface area (Å²) in [6, 6.07) is 9.29. The number of ether oxygens (including phenoxy) is 1. The first kappa shape index (κ1) is 17.9. The molecule has 0 unspecified atom stereocenters. The predicted octanol–water partition coefficient (Wildman–Crippen LogP) is 4.45. The van der Waals surface area contributed by atoms with E-state index in [2.05, 4.69) is 4.74 Å². The van der Waals surface area contributed by atoms with Crippen LogP contribution in [0.5, 0.6) is 0 Å². The molecule has 0 atom stereocenters. The summed E-state index contributed by atoms with van der Waals surface area (Å²) in [5.74, 6) is -11.2. The van der Waals surface area contributed by atoms with Crippen LogP contribution in [-0.4, -0.2) is 5.97 Å². The third-order valence-electron chi connectivity index (χ3n) is 3.37. The molecule has 7 heteroatoms. The third-order valence-corrected chi connectivity index (χ3v) is 3.37. The van der Waals surface area contributed by atoms with E-state index in [9.17, 15) is 26.7 Å². The second-order valence-corrected chi connectivity index (χ2v) is 5.05. The first-order valence-electron chi connectivity index (χ1n) is 7.11. The van der Waals surface area contributed by atoms with E-state index in [1.54, 1.807) is 0 Å². The average molecular weight is 344 g/mol. The number of carbonyl (C=O) groups excluding carboxylic acids is 1. The van der Waals surface area contributed by atoms with Gasteiger partial charge < -0.3 is 4.74 Å². The fourth-order valence-electron chi connectivity index (χ4n) is 2.08. The Labute approximate surface area is 134 Å². The summed E-state index contributed by atoms with van der Waals surface area (Å²) in [5, 5.41) is 0. The van der Waals surface area contributed by atoms with Gasteiger partial charge in [0, 0.05) is 6.42 Å². The van der Waals surface area contributed by atoms with Gasteiger partial charge in [-0.15, -0.1) is 0 Å². The lowest BCUT2D eigenvalue weighted by atomic mass is 10.1. The number of aryl methyl sites for hydroxylation is 1. The van der Waals surface area contributed by atoms with Crippen molar-refractivity contribution >= 4 is 5.97 Å². The number of benzene rings is 2. The van der Waals surface area contributed by atoms with Crippen LogP contribution >= 0.6 is 0 Å². The Kier molecular flexibility index (Phi) is 5.89. The summed E-state index contributed by atoms with van der Waals surface area (Å²) in [7, 11) is 0. The van der Waals surface area contributed by atoms with Gasteiger partial charge in [-0.2, -0.15) is 0 Å². The van der Waals surface area contributed by atoms with E-state index in [1.807, 2.05) is 30.3 Å². The summed E-state index contributed by atoms with van der Waals surface area (Å²) in [5.41, 5.74) is -0.159. The molecule has 0 saturated carbocycles. The average Bonchev–Trinajstić information content (AvgIpc) is 2.59. The molecule has 0 radical (unpaired) electrons. The summed E-state index contributed by atoms with van der Waals surface area (Å²) in [6.07, 6.45) is 0.989. The third kappa shape index (κ3) is 4.10. The lowest BCUT2D eigenvalue weighted by Crippen LogP contribution is -2.11. The first-order chi connectivity index (χ1) is 11.4. The number of esters is 1. The zero-order chi connectivity index (χ0) is 17.7. The molecule has 2 aromatic carbocycles. The van der Waals surface area contributed by atoms with Gasteiger partial charge in [0.1, 0.15) is 6.61 Å². The van der Waals surface area contributed by atoms with E-state index in [1.165, 1.54) is 0 Å². The summed E-state index contributed by atoms with van der Waals surface area (Å²) < 4.78 is 70.4. The number of hydrogen-bond donors (Lipinski definition) is 0. The Bertz CT molecular complexity index is 703. The minimum absolute atomic E-state index is 0.0374. The molecule has 128 valence electrons. The minimum Gasteiger partial charge on any atom is -0.461 e. The summed E-state index contributed by atoms with van der Waals surface area (Å²) in [4.78, 5) is 11.5. The van der Waals surface area contributed by atoms with Crippen LogP contribution in [0.25, 0.3) is 0 Å². The van der Waals surface area contributed by atoms with Crippen LogP contribution in [0.1, 0.15) is 24.0 Å². The first-order valence-corrected chi connectivity index (χ1v) is 7.11. The van der Waals surface area contributed by atoms with Crippen molar-refractivity contribution in [2.24, 2.45) is 0 Å². The number of rotatable bonds is 6. The zero-order valence-corrected chi connectivity index (χ0v) is 12.4. The van der Waals surface area contributed by atoms with Crippen LogP contribution in [0, 0.1) is 29.1 Å². The second-order valence-electron chi connectivity index (χ2n) is 5.05. The van der Waals surface area contributed by atoms with Crippen LogP contribution in [0.4, 0.5) is 22.0 Å². The van der Waals surface area contributed by atoms with Crippen molar-refractivity contribution in [2.45, 2.75) is 25.9 Å². The molecule has 2 rings (SSSR count). The van der Waals surface area contributed by atoms with Gasteiger partial charge in [0.2, 0.25) is 5.82 Å². The molecule has 0 bridgehead atoms. The highest BCUT2D eigenvalue weighted by atomic mass is 19.2. The van der Waals surface area contributed by atoms with Gasteiger partial charge in [-0.3, -0.25) is 4.79 Å². The van der Waals surface area contributed by atoms with E-state index >= 15 is 0 Å². The maximum atomic E-state index is 13.4. The van der Waals surface area contributed by atoms with E-state index in [0.29, 0.717) is 12.8 Å². The van der Waals surface area contributed by atoms with Gasteiger partial charge in [-0.05, 0) is 18.4 Å². The molecule has 2 nitrogen and oxygen atoms in total. The van der Waals surface area contributed by atoms with Crippen LogP contribution in [0.2, 0.25) is 0 Å². The van der Waals surface area contributed by atoms with Gasteiger partial charge in [0.15, 0.2) is 23.3 Å². The van der Waals surface area contributed by atoms with Crippen molar-refractivity contribution < 1.29 is 31.5 Å². The lowest BCUT2D eigenvalue weighted by Gasteiger charge is -2.09. The van der Waals surface area contributed by atoms with Crippen molar-refractivity contribution in [1.82, 2.24) is 0 Å². The molecule has 0 aromatic heterocycles. The molecular formula is C17H13F5O2. The van der Waals surface area contributed by atoms with Crippen molar-refractivity contribution in [1.29, 1.82) is 0 Å². The van der Waals surface area contributed by atoms with E-state index in [4.69, 9.17) is 0 Å². The Morgan fingerprint density at radius 3 is 1.96 bits per heavy atom. The standard InChI is InChI=1S/C17H13F5O2/c18-13-11(14(19)16(21)17(22)15(13)20)9-24-12(23)8-4-7-10-5-2-1-3-6-10/h1-3,5-6H,4,7-9H2. The highest BCUT2D eigenvalue weighted by Crippen LogP contribution is 2.23. The van der Waals surface area contributed by atoms with Gasteiger partial charge in [0.25, 0.3) is 0 Å². The quantitative estimate of drug-likeness (QED) is 0.335. The molecule has 0 aliphatic heterocycles. The zero-order valence-electron chi connectivity index (χ0n) is 12.4. The van der Waals surface area contributed by atoms with Crippen molar-refractivity contribution in [3.8, 4) is 0 Å². The monoisotopic (exact) mass is 344 g/mol. The SMILES string of the molecule is O=C(CCCc1ccccc1)OCc1c(F)c(F)c(F)c(F)c1F. The topological polar surface area (TPSA) is 26.3 Å². The Balaban J connectivity index is 1.90. The molecular weight excluding hydrogens is 331 g/mol. The highest BCUT2D eigenvalue weighted by molar-refractivity contribution is 5.69. The van der Waals surface area contributed by atoms with Crippen molar-refractivity contribution in [2.75, 3.05) is 0 Å². The van der Waals surface area contributed by atoms with E-state index in [-0.39, 0.29) is 6.42 Å². The molecule has 24 heavy (non-hydrogen) atoms. The Morgan fingerprint density at radius 2 is 1.38 bits per heavy atom.